The second-order valence-electron chi connectivity index (χ2n) is 6.89. The molecule has 0 spiro atoms. The molecule has 2 atom stereocenters. The number of nitrogens with zero attached hydrogens (tertiary/aromatic N) is 2. The van der Waals surface area contributed by atoms with Gasteiger partial charge in [0.15, 0.2) is 0 Å². The second-order valence-corrected chi connectivity index (χ2v) is 6.89. The zero-order valence-corrected chi connectivity index (χ0v) is 16.6. The van der Waals surface area contributed by atoms with Crippen LogP contribution in [0.15, 0.2) is 0 Å². The molecule has 1 N–H and O–H groups in total. The van der Waals surface area contributed by atoms with E-state index in [2.05, 4.69) is 24.1 Å². The Bertz CT molecular complexity index is 338. The van der Waals surface area contributed by atoms with Gasteiger partial charge in [-0.1, -0.05) is 6.92 Å². The number of hydrogen-bond acceptors (Lipinski definition) is 3. The highest BCUT2D eigenvalue weighted by Gasteiger charge is 2.29. The molecule has 0 aromatic carbocycles. The van der Waals surface area contributed by atoms with Crippen LogP contribution >= 0.6 is 24.8 Å². The second kappa shape index (κ2) is 11.5. The van der Waals surface area contributed by atoms with Gasteiger partial charge >= 0.3 is 0 Å². The molecule has 23 heavy (non-hydrogen) atoms. The van der Waals surface area contributed by atoms with Gasteiger partial charge in [0.05, 0.1) is 0 Å². The smallest absolute Gasteiger partial charge is 0.222 e. The van der Waals surface area contributed by atoms with Gasteiger partial charge in [0.25, 0.3) is 0 Å². The van der Waals surface area contributed by atoms with Gasteiger partial charge in [0.1, 0.15) is 0 Å². The summed E-state index contributed by atoms with van der Waals surface area (Å²) in [4.78, 5) is 17.0. The van der Waals surface area contributed by atoms with Crippen molar-refractivity contribution in [2.75, 3.05) is 33.2 Å². The molecule has 4 nitrogen and oxygen atoms in total. The van der Waals surface area contributed by atoms with Crippen LogP contribution in [-0.4, -0.2) is 61.0 Å². The summed E-state index contributed by atoms with van der Waals surface area (Å²) >= 11 is 0. The summed E-state index contributed by atoms with van der Waals surface area (Å²) in [5.74, 6) is 1.11. The van der Waals surface area contributed by atoms with Gasteiger partial charge in [-0.2, -0.15) is 0 Å². The minimum atomic E-state index is 0. The van der Waals surface area contributed by atoms with Crippen LogP contribution in [0, 0.1) is 5.92 Å². The van der Waals surface area contributed by atoms with Crippen molar-refractivity contribution in [1.82, 2.24) is 15.1 Å². The van der Waals surface area contributed by atoms with Crippen LogP contribution in [0.4, 0.5) is 0 Å². The lowest BCUT2D eigenvalue weighted by molar-refractivity contribution is -0.133. The lowest BCUT2D eigenvalue weighted by Crippen LogP contribution is -2.49. The molecule has 0 radical (unpaired) electrons. The highest BCUT2D eigenvalue weighted by atomic mass is 35.5. The fourth-order valence-electron chi connectivity index (χ4n) is 3.90. The van der Waals surface area contributed by atoms with Crippen molar-refractivity contribution in [3.05, 3.63) is 0 Å². The minimum absolute atomic E-state index is 0. The van der Waals surface area contributed by atoms with E-state index in [1.165, 1.54) is 12.8 Å². The molecule has 6 heteroatoms. The predicted octanol–water partition coefficient (Wildman–Crippen LogP) is 2.94. The van der Waals surface area contributed by atoms with Crippen LogP contribution in [0.1, 0.15) is 52.4 Å². The number of likely N-dealkylation sites (tertiary alicyclic amines) is 1. The number of piperidine rings is 2. The fourth-order valence-corrected chi connectivity index (χ4v) is 3.90. The minimum Gasteiger partial charge on any atom is -0.343 e. The predicted molar refractivity (Wildman–Crippen MR) is 102 cm³/mol. The van der Waals surface area contributed by atoms with Crippen LogP contribution in [0.2, 0.25) is 0 Å². The summed E-state index contributed by atoms with van der Waals surface area (Å²) in [6.45, 7) is 9.03. The summed E-state index contributed by atoms with van der Waals surface area (Å²) in [6.07, 6.45) is 6.56. The summed E-state index contributed by atoms with van der Waals surface area (Å²) < 4.78 is 0. The van der Waals surface area contributed by atoms with Gasteiger partial charge in [0, 0.05) is 32.1 Å². The molecule has 2 rings (SSSR count). The first-order chi connectivity index (χ1) is 10.1. The number of rotatable bonds is 5. The maximum Gasteiger partial charge on any atom is 0.222 e. The lowest BCUT2D eigenvalue weighted by Gasteiger charge is -2.40. The van der Waals surface area contributed by atoms with E-state index in [1.54, 1.807) is 0 Å². The van der Waals surface area contributed by atoms with Crippen LogP contribution in [-0.2, 0) is 4.79 Å². The van der Waals surface area contributed by atoms with E-state index in [4.69, 9.17) is 0 Å². The van der Waals surface area contributed by atoms with E-state index >= 15 is 0 Å². The number of carbonyl (C=O) groups is 1. The van der Waals surface area contributed by atoms with Crippen LogP contribution in [0.5, 0.6) is 0 Å². The van der Waals surface area contributed by atoms with E-state index in [0.29, 0.717) is 18.0 Å². The van der Waals surface area contributed by atoms with Gasteiger partial charge in [0.2, 0.25) is 5.91 Å². The molecule has 0 aromatic rings. The molecule has 2 unspecified atom stereocenters. The van der Waals surface area contributed by atoms with Crippen molar-refractivity contribution < 1.29 is 4.79 Å². The number of carbonyl (C=O) groups excluding carboxylic acids is 1. The van der Waals surface area contributed by atoms with Crippen LogP contribution in [0.3, 0.4) is 0 Å². The van der Waals surface area contributed by atoms with Crippen molar-refractivity contribution in [1.29, 1.82) is 0 Å². The summed E-state index contributed by atoms with van der Waals surface area (Å²) in [7, 11) is 2.02. The van der Waals surface area contributed by atoms with Gasteiger partial charge < -0.3 is 15.1 Å². The van der Waals surface area contributed by atoms with Crippen molar-refractivity contribution in [2.24, 2.45) is 5.92 Å². The standard InChI is InChI=1S/C17H33N3O.2ClH/c1-4-20-12-9-16(13-14(20)2)19(3)17(21)6-5-15-7-10-18-11-8-15;;/h14-16,18H,4-13H2,1-3H3;2*1H. The fraction of sp³-hybridized carbons (Fsp3) is 0.941. The SMILES string of the molecule is CCN1CCC(N(C)C(=O)CCC2CCNCC2)CC1C.Cl.Cl. The molecule has 0 bridgehead atoms. The quantitative estimate of drug-likeness (QED) is 0.811. The first-order valence-corrected chi connectivity index (χ1v) is 8.82. The molecule has 2 heterocycles. The molecule has 2 aliphatic heterocycles. The monoisotopic (exact) mass is 367 g/mol. The third-order valence-electron chi connectivity index (χ3n) is 5.56. The number of halogens is 2. The third kappa shape index (κ3) is 6.77. The lowest BCUT2D eigenvalue weighted by atomic mass is 9.92. The topological polar surface area (TPSA) is 35.6 Å². The first-order valence-electron chi connectivity index (χ1n) is 8.82. The Morgan fingerprint density at radius 3 is 2.43 bits per heavy atom. The van der Waals surface area contributed by atoms with Gasteiger partial charge in [-0.05, 0) is 64.6 Å². The maximum absolute atomic E-state index is 12.4. The van der Waals surface area contributed by atoms with E-state index < -0.39 is 0 Å². The Labute approximate surface area is 154 Å². The summed E-state index contributed by atoms with van der Waals surface area (Å²) in [6, 6.07) is 1.05. The van der Waals surface area contributed by atoms with E-state index in [0.717, 1.165) is 57.8 Å². The molecule has 2 saturated heterocycles. The molecule has 2 aliphatic rings. The molecule has 1 amide bonds. The van der Waals surface area contributed by atoms with Gasteiger partial charge in [-0.3, -0.25) is 4.79 Å². The average molecular weight is 368 g/mol. The van der Waals surface area contributed by atoms with Crippen molar-refractivity contribution >= 4 is 30.7 Å². The van der Waals surface area contributed by atoms with E-state index in [9.17, 15) is 4.79 Å². The highest BCUT2D eigenvalue weighted by molar-refractivity contribution is 5.85. The summed E-state index contributed by atoms with van der Waals surface area (Å²) in [5, 5.41) is 3.39. The maximum atomic E-state index is 12.4. The highest BCUT2D eigenvalue weighted by Crippen LogP contribution is 2.23. The number of amides is 1. The zero-order chi connectivity index (χ0) is 15.2. The van der Waals surface area contributed by atoms with E-state index in [1.807, 2.05) is 11.9 Å². The molecule has 138 valence electrons. The Hall–Kier alpha value is -0.0300. The molecular formula is C17H35Cl2N3O. The number of nitrogens with one attached hydrogen (secondary N) is 1. The largest absolute Gasteiger partial charge is 0.343 e. The molecule has 2 fully saturated rings. The first kappa shape index (κ1) is 23.0. The van der Waals surface area contributed by atoms with Crippen molar-refractivity contribution in [3.63, 3.8) is 0 Å². The normalized spacial score (nSPS) is 26.0. The molecule has 0 aliphatic carbocycles. The Kier molecular flexibility index (Phi) is 11.5. The van der Waals surface area contributed by atoms with Crippen LogP contribution < -0.4 is 5.32 Å². The van der Waals surface area contributed by atoms with Gasteiger partial charge in [-0.25, -0.2) is 0 Å². The zero-order valence-electron chi connectivity index (χ0n) is 14.9. The van der Waals surface area contributed by atoms with Crippen molar-refractivity contribution in [3.8, 4) is 0 Å². The Morgan fingerprint density at radius 2 is 1.87 bits per heavy atom. The Balaban J connectivity index is 0.00000242. The molecule has 0 saturated carbocycles. The molecular weight excluding hydrogens is 333 g/mol. The average Bonchev–Trinajstić information content (AvgIpc) is 2.52. The number of hydrogen-bond donors (Lipinski definition) is 1. The van der Waals surface area contributed by atoms with Crippen LogP contribution in [0.25, 0.3) is 0 Å². The molecule has 0 aromatic heterocycles. The summed E-state index contributed by atoms with van der Waals surface area (Å²) in [5.41, 5.74) is 0. The Morgan fingerprint density at radius 1 is 1.22 bits per heavy atom. The third-order valence-corrected chi connectivity index (χ3v) is 5.56. The van der Waals surface area contributed by atoms with Crippen molar-refractivity contribution in [2.45, 2.75) is 64.5 Å². The van der Waals surface area contributed by atoms with E-state index in [-0.39, 0.29) is 24.8 Å². The van der Waals surface area contributed by atoms with Gasteiger partial charge in [-0.15, -0.1) is 24.8 Å².